The van der Waals surface area contributed by atoms with E-state index in [1.807, 2.05) is 53.9 Å². The van der Waals surface area contributed by atoms with Crippen molar-refractivity contribution < 1.29 is 4.79 Å². The van der Waals surface area contributed by atoms with Crippen molar-refractivity contribution in [1.82, 2.24) is 4.98 Å². The number of hydrogen-bond acceptors (Lipinski definition) is 3. The van der Waals surface area contributed by atoms with Crippen LogP contribution in [0.4, 0.5) is 5.13 Å². The normalized spacial score (nSPS) is 10.9. The summed E-state index contributed by atoms with van der Waals surface area (Å²) >= 11 is 8.20. The Bertz CT molecular complexity index is 871. The van der Waals surface area contributed by atoms with Crippen molar-refractivity contribution in [3.05, 3.63) is 74.5 Å². The van der Waals surface area contributed by atoms with Crippen molar-refractivity contribution in [3.63, 3.8) is 0 Å². The van der Waals surface area contributed by atoms with Gasteiger partial charge in [-0.15, -0.1) is 11.3 Å². The van der Waals surface area contributed by atoms with Crippen molar-refractivity contribution in [2.24, 2.45) is 0 Å². The van der Waals surface area contributed by atoms with Crippen molar-refractivity contribution in [2.75, 3.05) is 5.32 Å². The molecule has 0 atom stereocenters. The fourth-order valence-electron chi connectivity index (χ4n) is 1.98. The number of nitrogens with one attached hydrogen (secondary N) is 1. The monoisotopic (exact) mass is 462 g/mol. The maximum Gasteiger partial charge on any atom is 0.250 e. The third kappa shape index (κ3) is 4.63. The molecule has 3 rings (SSSR count). The van der Waals surface area contributed by atoms with Crippen LogP contribution in [0.5, 0.6) is 0 Å². The molecule has 0 aliphatic carbocycles. The van der Waals surface area contributed by atoms with Gasteiger partial charge in [0, 0.05) is 26.0 Å². The van der Waals surface area contributed by atoms with Gasteiger partial charge in [0.05, 0.1) is 5.69 Å². The zero-order chi connectivity index (χ0) is 16.9. The topological polar surface area (TPSA) is 42.0 Å². The average molecular weight is 464 g/mol. The van der Waals surface area contributed by atoms with Gasteiger partial charge in [0.25, 0.3) is 0 Å². The van der Waals surface area contributed by atoms with Gasteiger partial charge in [-0.2, -0.15) is 0 Å². The van der Waals surface area contributed by atoms with E-state index in [4.69, 9.17) is 0 Å². The van der Waals surface area contributed by atoms with E-state index in [1.165, 1.54) is 17.4 Å². The quantitative estimate of drug-likeness (QED) is 0.483. The average Bonchev–Trinajstić information content (AvgIpc) is 3.03. The molecule has 2 aromatic carbocycles. The Balaban J connectivity index is 1.64. The SMILES string of the molecule is O=C(/C=C/c1ccc(Br)cc1)Nc1nc(-c2ccc(Br)cc2)cs1. The van der Waals surface area contributed by atoms with Crippen molar-refractivity contribution in [1.29, 1.82) is 0 Å². The Labute approximate surface area is 160 Å². The first-order chi connectivity index (χ1) is 11.6. The predicted octanol–water partition coefficient (Wildman–Crippen LogP) is 5.99. The van der Waals surface area contributed by atoms with E-state index in [9.17, 15) is 4.79 Å². The number of amides is 1. The van der Waals surface area contributed by atoms with E-state index in [-0.39, 0.29) is 5.91 Å². The standard InChI is InChI=1S/C18H12Br2N2OS/c19-14-6-1-12(2-7-14)3-10-17(23)22-18-21-16(11-24-18)13-4-8-15(20)9-5-13/h1-11H,(H,21,22,23)/b10-3+. The third-order valence-electron chi connectivity index (χ3n) is 3.17. The number of aromatic nitrogens is 1. The number of thiazole rings is 1. The molecule has 120 valence electrons. The molecule has 0 saturated carbocycles. The van der Waals surface area contributed by atoms with Crippen molar-refractivity contribution >= 4 is 60.3 Å². The molecule has 6 heteroatoms. The summed E-state index contributed by atoms with van der Waals surface area (Å²) in [7, 11) is 0. The smallest absolute Gasteiger partial charge is 0.250 e. The van der Waals surface area contributed by atoms with Gasteiger partial charge < -0.3 is 0 Å². The Morgan fingerprint density at radius 3 is 2.29 bits per heavy atom. The molecule has 0 saturated heterocycles. The van der Waals surface area contributed by atoms with Crippen LogP contribution in [0.15, 0.2) is 68.9 Å². The van der Waals surface area contributed by atoms with Gasteiger partial charge in [-0.25, -0.2) is 4.98 Å². The van der Waals surface area contributed by atoms with Crippen LogP contribution in [0.3, 0.4) is 0 Å². The molecular weight excluding hydrogens is 452 g/mol. The van der Waals surface area contributed by atoms with Crippen molar-refractivity contribution in [2.45, 2.75) is 0 Å². The number of anilines is 1. The zero-order valence-electron chi connectivity index (χ0n) is 12.4. The summed E-state index contributed by atoms with van der Waals surface area (Å²) in [4.78, 5) is 16.4. The number of benzene rings is 2. The number of halogens is 2. The van der Waals surface area contributed by atoms with E-state index in [2.05, 4.69) is 42.2 Å². The minimum absolute atomic E-state index is 0.199. The molecular formula is C18H12Br2N2OS. The second-order valence-corrected chi connectivity index (χ2v) is 7.61. The summed E-state index contributed by atoms with van der Waals surface area (Å²) in [5.74, 6) is -0.199. The highest BCUT2D eigenvalue weighted by Gasteiger charge is 2.06. The minimum atomic E-state index is -0.199. The Morgan fingerprint density at radius 2 is 1.62 bits per heavy atom. The van der Waals surface area contributed by atoms with Crippen molar-refractivity contribution in [3.8, 4) is 11.3 Å². The maximum atomic E-state index is 12.0. The largest absolute Gasteiger partial charge is 0.298 e. The highest BCUT2D eigenvalue weighted by atomic mass is 79.9. The molecule has 0 bridgehead atoms. The maximum absolute atomic E-state index is 12.0. The molecule has 0 aliphatic rings. The Morgan fingerprint density at radius 1 is 1.00 bits per heavy atom. The summed E-state index contributed by atoms with van der Waals surface area (Å²) in [5.41, 5.74) is 2.82. The van der Waals surface area contributed by atoms with Gasteiger partial charge in [0.1, 0.15) is 0 Å². The molecule has 1 heterocycles. The van der Waals surface area contributed by atoms with Crippen LogP contribution in [0.25, 0.3) is 17.3 Å². The van der Waals surface area contributed by atoms with Gasteiger partial charge in [-0.3, -0.25) is 10.1 Å². The van der Waals surface area contributed by atoms with Gasteiger partial charge in [-0.05, 0) is 35.9 Å². The van der Waals surface area contributed by atoms with Gasteiger partial charge in [-0.1, -0.05) is 56.1 Å². The number of rotatable bonds is 4. The molecule has 0 unspecified atom stereocenters. The highest BCUT2D eigenvalue weighted by Crippen LogP contribution is 2.26. The first-order valence-electron chi connectivity index (χ1n) is 7.06. The number of nitrogens with zero attached hydrogens (tertiary/aromatic N) is 1. The molecule has 1 aromatic heterocycles. The van der Waals surface area contributed by atoms with Crippen LogP contribution >= 0.6 is 43.2 Å². The molecule has 1 N–H and O–H groups in total. The second kappa shape index (κ2) is 7.88. The van der Waals surface area contributed by atoms with Gasteiger partial charge >= 0.3 is 0 Å². The lowest BCUT2D eigenvalue weighted by Crippen LogP contribution is -2.07. The van der Waals surface area contributed by atoms with Gasteiger partial charge in [0.2, 0.25) is 5.91 Å². The van der Waals surface area contributed by atoms with E-state index in [1.54, 1.807) is 6.08 Å². The van der Waals surface area contributed by atoms with Crippen LogP contribution in [0, 0.1) is 0 Å². The summed E-state index contributed by atoms with van der Waals surface area (Å²) in [5, 5.41) is 5.30. The molecule has 3 aromatic rings. The minimum Gasteiger partial charge on any atom is -0.298 e. The van der Waals surface area contributed by atoms with E-state index >= 15 is 0 Å². The first kappa shape index (κ1) is 17.1. The summed E-state index contributed by atoms with van der Waals surface area (Å²) in [6.07, 6.45) is 3.27. The molecule has 1 amide bonds. The summed E-state index contributed by atoms with van der Waals surface area (Å²) in [6, 6.07) is 15.6. The van der Waals surface area contributed by atoms with E-state index < -0.39 is 0 Å². The van der Waals surface area contributed by atoms with Crippen LogP contribution in [-0.4, -0.2) is 10.9 Å². The molecule has 0 aliphatic heterocycles. The lowest BCUT2D eigenvalue weighted by molar-refractivity contribution is -0.111. The Kier molecular flexibility index (Phi) is 5.60. The van der Waals surface area contributed by atoms with Crippen LogP contribution in [0.1, 0.15) is 5.56 Å². The van der Waals surface area contributed by atoms with Crippen LogP contribution in [-0.2, 0) is 4.79 Å². The fraction of sp³-hybridized carbons (Fsp3) is 0. The number of carbonyl (C=O) groups is 1. The Hall–Kier alpha value is -1.76. The molecule has 0 spiro atoms. The summed E-state index contributed by atoms with van der Waals surface area (Å²) in [6.45, 7) is 0. The predicted molar refractivity (Wildman–Crippen MR) is 107 cm³/mol. The van der Waals surface area contributed by atoms with E-state index in [0.29, 0.717) is 5.13 Å². The fourth-order valence-corrected chi connectivity index (χ4v) is 3.23. The molecule has 3 nitrogen and oxygen atoms in total. The number of carbonyl (C=O) groups excluding carboxylic acids is 1. The van der Waals surface area contributed by atoms with Gasteiger partial charge in [0.15, 0.2) is 5.13 Å². The zero-order valence-corrected chi connectivity index (χ0v) is 16.4. The molecule has 0 fully saturated rings. The number of hydrogen-bond donors (Lipinski definition) is 1. The van der Waals surface area contributed by atoms with Crippen LogP contribution in [0.2, 0.25) is 0 Å². The third-order valence-corrected chi connectivity index (χ3v) is 4.99. The molecule has 0 radical (unpaired) electrons. The highest BCUT2D eigenvalue weighted by molar-refractivity contribution is 9.10. The lowest BCUT2D eigenvalue weighted by atomic mass is 10.2. The van der Waals surface area contributed by atoms with E-state index in [0.717, 1.165) is 25.8 Å². The van der Waals surface area contributed by atoms with Crippen LogP contribution < -0.4 is 5.32 Å². The second-order valence-electron chi connectivity index (χ2n) is 4.92. The first-order valence-corrected chi connectivity index (χ1v) is 9.53. The summed E-state index contributed by atoms with van der Waals surface area (Å²) < 4.78 is 2.03. The molecule has 24 heavy (non-hydrogen) atoms. The lowest BCUT2D eigenvalue weighted by Gasteiger charge is -1.98.